The van der Waals surface area contributed by atoms with Gasteiger partial charge in [0, 0.05) is 6.42 Å². The number of esters is 1. The number of aryl methyl sites for hydroxylation is 2. The average molecular weight is 460 g/mol. The van der Waals surface area contributed by atoms with Gasteiger partial charge in [-0.2, -0.15) is 14.9 Å². The van der Waals surface area contributed by atoms with E-state index >= 15 is 0 Å². The number of carbonyl (C=O) groups is 1. The fraction of sp³-hybridized carbons (Fsp3) is 0.240. The molecule has 0 spiro atoms. The van der Waals surface area contributed by atoms with Gasteiger partial charge in [0.25, 0.3) is 5.56 Å². The Morgan fingerprint density at radius 2 is 1.88 bits per heavy atom. The monoisotopic (exact) mass is 459 g/mol. The topological polar surface area (TPSA) is 112 Å². The lowest BCUT2D eigenvalue weighted by atomic mass is 10.1. The van der Waals surface area contributed by atoms with Crippen LogP contribution in [0.4, 0.5) is 0 Å². The molecule has 1 N–H and O–H groups in total. The van der Waals surface area contributed by atoms with Crippen LogP contribution >= 0.6 is 0 Å². The smallest absolute Gasteiger partial charge is 0.305 e. The molecule has 4 rings (SSSR count). The average Bonchev–Trinajstić information content (AvgIpc) is 3.15. The minimum absolute atomic E-state index is 0.111. The Hall–Kier alpha value is -4.27. The summed E-state index contributed by atoms with van der Waals surface area (Å²) < 4.78 is 7.60. The number of hydrogen-bond donors (Lipinski definition) is 1. The summed E-state index contributed by atoms with van der Waals surface area (Å²) in [6.07, 6.45) is 2.54. The number of ether oxygens (including phenoxy) is 1. The molecule has 2 heterocycles. The molecule has 2 aromatic carbocycles. The van der Waals surface area contributed by atoms with Gasteiger partial charge < -0.3 is 9.84 Å². The fourth-order valence-electron chi connectivity index (χ4n) is 3.65. The second-order valence-corrected chi connectivity index (χ2v) is 7.63. The van der Waals surface area contributed by atoms with E-state index in [9.17, 15) is 14.7 Å². The van der Waals surface area contributed by atoms with E-state index in [0.717, 1.165) is 0 Å². The van der Waals surface area contributed by atoms with Gasteiger partial charge in [-0.25, -0.2) is 9.67 Å². The van der Waals surface area contributed by atoms with Crippen molar-refractivity contribution in [3.63, 3.8) is 0 Å². The maximum absolute atomic E-state index is 13.0. The van der Waals surface area contributed by atoms with Crippen LogP contribution in [0, 0.1) is 6.92 Å². The van der Waals surface area contributed by atoms with Crippen LogP contribution in [0.25, 0.3) is 16.6 Å². The van der Waals surface area contributed by atoms with E-state index in [-0.39, 0.29) is 23.8 Å². The maximum atomic E-state index is 13.0. The summed E-state index contributed by atoms with van der Waals surface area (Å²) in [6, 6.07) is 16.2. The van der Waals surface area contributed by atoms with E-state index in [1.807, 2.05) is 36.4 Å². The molecule has 0 radical (unpaired) electrons. The van der Waals surface area contributed by atoms with Crippen LogP contribution in [-0.4, -0.2) is 43.3 Å². The highest BCUT2D eigenvalue weighted by atomic mass is 16.5. The van der Waals surface area contributed by atoms with Gasteiger partial charge in [-0.05, 0) is 51.0 Å². The molecule has 174 valence electrons. The molecule has 0 saturated carbocycles. The van der Waals surface area contributed by atoms with Crippen LogP contribution in [-0.2, 0) is 16.0 Å². The van der Waals surface area contributed by atoms with Gasteiger partial charge in [0.2, 0.25) is 5.88 Å². The largest absolute Gasteiger partial charge is 0.493 e. The van der Waals surface area contributed by atoms with Crippen molar-refractivity contribution in [2.75, 3.05) is 6.61 Å². The summed E-state index contributed by atoms with van der Waals surface area (Å²) in [5.41, 5.74) is 1.88. The van der Waals surface area contributed by atoms with Crippen molar-refractivity contribution in [3.05, 3.63) is 82.0 Å². The number of benzene rings is 2. The first-order valence-electron chi connectivity index (χ1n) is 11.0. The van der Waals surface area contributed by atoms with E-state index in [2.05, 4.69) is 15.2 Å². The minimum Gasteiger partial charge on any atom is -0.493 e. The standard InChI is InChI=1S/C25H25N5O4/c1-3-34-23(31)15-9-14-22-20(25(33)30(28-22)18-10-5-4-6-11-18)16-26-29-17(2)27-21-13-8-7-12-19(21)24(29)32/h4-8,10-13,16,33H,3,9,14-15H2,1-2H3. The van der Waals surface area contributed by atoms with E-state index in [4.69, 9.17) is 4.74 Å². The van der Waals surface area contributed by atoms with Crippen molar-refractivity contribution in [1.82, 2.24) is 19.4 Å². The van der Waals surface area contributed by atoms with E-state index in [1.165, 1.54) is 15.6 Å². The molecule has 4 aromatic rings. The Labute approximate surface area is 195 Å². The zero-order chi connectivity index (χ0) is 24.1. The molecule has 0 aliphatic carbocycles. The van der Waals surface area contributed by atoms with Crippen molar-refractivity contribution in [2.45, 2.75) is 33.1 Å². The second-order valence-electron chi connectivity index (χ2n) is 7.63. The molecule has 0 saturated heterocycles. The van der Waals surface area contributed by atoms with Crippen LogP contribution in [0.1, 0.15) is 36.8 Å². The number of nitrogens with zero attached hydrogens (tertiary/aromatic N) is 5. The first-order valence-corrected chi connectivity index (χ1v) is 11.0. The van der Waals surface area contributed by atoms with Crippen molar-refractivity contribution < 1.29 is 14.6 Å². The summed E-state index contributed by atoms with van der Waals surface area (Å²) in [6.45, 7) is 3.78. The van der Waals surface area contributed by atoms with Crippen LogP contribution in [0.5, 0.6) is 5.88 Å². The quantitative estimate of drug-likeness (QED) is 0.319. The third-order valence-corrected chi connectivity index (χ3v) is 5.29. The Kier molecular flexibility index (Phi) is 6.82. The molecular formula is C25H25N5O4. The van der Waals surface area contributed by atoms with E-state index < -0.39 is 0 Å². The number of para-hydroxylation sites is 2. The summed E-state index contributed by atoms with van der Waals surface area (Å²) in [5, 5.41) is 20.3. The van der Waals surface area contributed by atoms with Gasteiger partial charge in [0.15, 0.2) is 0 Å². The van der Waals surface area contributed by atoms with E-state index in [1.54, 1.807) is 32.0 Å². The zero-order valence-electron chi connectivity index (χ0n) is 19.0. The van der Waals surface area contributed by atoms with Crippen molar-refractivity contribution in [3.8, 4) is 11.6 Å². The molecule has 9 nitrogen and oxygen atoms in total. The molecular weight excluding hydrogens is 434 g/mol. The highest BCUT2D eigenvalue weighted by Crippen LogP contribution is 2.25. The molecule has 9 heteroatoms. The summed E-state index contributed by atoms with van der Waals surface area (Å²) in [4.78, 5) is 29.1. The number of hydrogen-bond acceptors (Lipinski definition) is 7. The molecule has 34 heavy (non-hydrogen) atoms. The molecule has 0 bridgehead atoms. The van der Waals surface area contributed by atoms with Gasteiger partial charge in [-0.1, -0.05) is 30.3 Å². The van der Waals surface area contributed by atoms with Crippen molar-refractivity contribution in [2.24, 2.45) is 5.10 Å². The lowest BCUT2D eigenvalue weighted by Crippen LogP contribution is -2.20. The second kappa shape index (κ2) is 10.1. The third kappa shape index (κ3) is 4.73. The Morgan fingerprint density at radius 3 is 2.65 bits per heavy atom. The van der Waals surface area contributed by atoms with Gasteiger partial charge in [0.05, 0.1) is 40.7 Å². The van der Waals surface area contributed by atoms with Crippen LogP contribution < -0.4 is 5.56 Å². The Morgan fingerprint density at radius 1 is 1.15 bits per heavy atom. The maximum Gasteiger partial charge on any atom is 0.305 e. The molecule has 0 amide bonds. The molecule has 0 fully saturated rings. The fourth-order valence-corrected chi connectivity index (χ4v) is 3.65. The SMILES string of the molecule is CCOC(=O)CCCc1nn(-c2ccccc2)c(O)c1C=Nn1c(C)nc2ccccc2c1=O. The summed E-state index contributed by atoms with van der Waals surface area (Å²) in [7, 11) is 0. The predicted molar refractivity (Wildman–Crippen MR) is 129 cm³/mol. The number of carbonyl (C=O) groups excluding carboxylic acids is 1. The first kappa shape index (κ1) is 22.9. The normalized spacial score (nSPS) is 11.4. The van der Waals surface area contributed by atoms with Crippen LogP contribution in [0.15, 0.2) is 64.5 Å². The number of rotatable bonds is 8. The molecule has 0 aliphatic rings. The van der Waals surface area contributed by atoms with Gasteiger partial charge in [-0.15, -0.1) is 0 Å². The number of fused-ring (bicyclic) bond motifs is 1. The first-order chi connectivity index (χ1) is 16.5. The Bertz CT molecular complexity index is 1410. The van der Waals surface area contributed by atoms with Crippen molar-refractivity contribution in [1.29, 1.82) is 0 Å². The van der Waals surface area contributed by atoms with Crippen LogP contribution in [0.3, 0.4) is 0 Å². The summed E-state index contributed by atoms with van der Waals surface area (Å²) in [5.74, 6) is 0.0214. The molecule has 0 unspecified atom stereocenters. The molecule has 0 aliphatic heterocycles. The lowest BCUT2D eigenvalue weighted by molar-refractivity contribution is -0.143. The van der Waals surface area contributed by atoms with Gasteiger partial charge in [0.1, 0.15) is 5.82 Å². The highest BCUT2D eigenvalue weighted by Gasteiger charge is 2.18. The van der Waals surface area contributed by atoms with Crippen molar-refractivity contribution >= 4 is 23.1 Å². The van der Waals surface area contributed by atoms with Crippen LogP contribution in [0.2, 0.25) is 0 Å². The predicted octanol–water partition coefficient (Wildman–Crippen LogP) is 3.36. The lowest BCUT2D eigenvalue weighted by Gasteiger charge is -2.05. The van der Waals surface area contributed by atoms with E-state index in [0.29, 0.717) is 53.1 Å². The summed E-state index contributed by atoms with van der Waals surface area (Å²) >= 11 is 0. The highest BCUT2D eigenvalue weighted by molar-refractivity contribution is 5.85. The number of aromatic nitrogens is 4. The molecule has 0 atom stereocenters. The third-order valence-electron chi connectivity index (χ3n) is 5.29. The molecule has 2 aromatic heterocycles. The number of aromatic hydroxyl groups is 1. The Balaban J connectivity index is 1.72. The van der Waals surface area contributed by atoms with Gasteiger partial charge >= 0.3 is 5.97 Å². The zero-order valence-corrected chi connectivity index (χ0v) is 19.0. The van der Waals surface area contributed by atoms with Gasteiger partial charge in [-0.3, -0.25) is 9.59 Å². The minimum atomic E-state index is -0.307.